The van der Waals surface area contributed by atoms with Gasteiger partial charge in [0.25, 0.3) is 0 Å². The lowest BCUT2D eigenvalue weighted by Gasteiger charge is -2.42. The van der Waals surface area contributed by atoms with Crippen molar-refractivity contribution in [1.29, 1.82) is 0 Å². The topological polar surface area (TPSA) is 56.7 Å². The maximum atomic E-state index is 13.2. The largest absolute Gasteiger partial charge is 0.465 e. The van der Waals surface area contributed by atoms with Gasteiger partial charge in [-0.1, -0.05) is 11.3 Å². The van der Waals surface area contributed by atoms with Crippen LogP contribution < -0.4 is 4.90 Å². The second-order valence-corrected chi connectivity index (χ2v) is 6.41. The minimum absolute atomic E-state index is 0.102. The van der Waals surface area contributed by atoms with E-state index >= 15 is 0 Å². The molecule has 112 valence electrons. The number of aromatic nitrogens is 1. The van der Waals surface area contributed by atoms with E-state index in [1.165, 1.54) is 28.4 Å². The number of benzene rings is 1. The molecule has 1 N–H and O–H groups in total. The summed E-state index contributed by atoms with van der Waals surface area (Å²) < 4.78 is 14.2. The minimum Gasteiger partial charge on any atom is -0.465 e. The number of piperazine rings is 1. The molecule has 1 fully saturated rings. The van der Waals surface area contributed by atoms with Gasteiger partial charge < -0.3 is 10.0 Å². The fourth-order valence-corrected chi connectivity index (χ4v) is 3.84. The quantitative estimate of drug-likeness (QED) is 0.880. The van der Waals surface area contributed by atoms with Crippen LogP contribution in [0, 0.1) is 5.82 Å². The minimum atomic E-state index is -0.888. The van der Waals surface area contributed by atoms with E-state index in [1.54, 1.807) is 6.07 Å². The third kappa shape index (κ3) is 2.53. The molecule has 0 spiro atoms. The highest BCUT2D eigenvalue weighted by molar-refractivity contribution is 7.22. The molecular formula is C14H16FN3O2S. The molecule has 2 aromatic rings. The van der Waals surface area contributed by atoms with Crippen molar-refractivity contribution in [1.82, 2.24) is 9.88 Å². The average molecular weight is 309 g/mol. The Kier molecular flexibility index (Phi) is 3.44. The number of hydrogen-bond donors (Lipinski definition) is 1. The zero-order chi connectivity index (χ0) is 15.1. The fraction of sp³-hybridized carbons (Fsp3) is 0.429. The highest BCUT2D eigenvalue weighted by Gasteiger charge is 2.33. The number of nitrogens with zero attached hydrogens (tertiary/aromatic N) is 3. The first-order chi connectivity index (χ1) is 9.95. The number of halogens is 1. The zero-order valence-electron chi connectivity index (χ0n) is 11.8. The number of carboxylic acid groups (broad SMARTS) is 1. The van der Waals surface area contributed by atoms with Crippen molar-refractivity contribution in [3.8, 4) is 0 Å². The van der Waals surface area contributed by atoms with Gasteiger partial charge in [0, 0.05) is 19.2 Å². The number of anilines is 1. The second-order valence-electron chi connectivity index (χ2n) is 5.40. The highest BCUT2D eigenvalue weighted by atomic mass is 32.1. The lowest BCUT2D eigenvalue weighted by molar-refractivity contribution is 0.0982. The molecule has 21 heavy (non-hydrogen) atoms. The monoisotopic (exact) mass is 309 g/mol. The van der Waals surface area contributed by atoms with Gasteiger partial charge in [-0.15, -0.1) is 0 Å². The summed E-state index contributed by atoms with van der Waals surface area (Å²) in [7, 11) is 0. The average Bonchev–Trinajstić information content (AvgIpc) is 2.80. The molecule has 1 aliphatic heterocycles. The molecule has 2 atom stereocenters. The lowest BCUT2D eigenvalue weighted by atomic mass is 10.1. The van der Waals surface area contributed by atoms with E-state index in [1.807, 2.05) is 13.8 Å². The lowest BCUT2D eigenvalue weighted by Crippen LogP contribution is -2.58. The SMILES string of the molecule is C[C@@H]1CN(c2nc3cc(F)ccc3s2)C[C@H](C)N1C(=O)O. The van der Waals surface area contributed by atoms with Crippen LogP contribution in [0.15, 0.2) is 18.2 Å². The van der Waals surface area contributed by atoms with Gasteiger partial charge in [-0.2, -0.15) is 0 Å². The van der Waals surface area contributed by atoms with Crippen molar-refractivity contribution >= 4 is 32.8 Å². The molecule has 1 saturated heterocycles. The van der Waals surface area contributed by atoms with E-state index < -0.39 is 6.09 Å². The molecule has 3 rings (SSSR count). The van der Waals surface area contributed by atoms with E-state index in [-0.39, 0.29) is 17.9 Å². The van der Waals surface area contributed by atoms with E-state index in [4.69, 9.17) is 0 Å². The highest BCUT2D eigenvalue weighted by Crippen LogP contribution is 2.31. The Morgan fingerprint density at radius 2 is 2.05 bits per heavy atom. The second kappa shape index (κ2) is 5.14. The zero-order valence-corrected chi connectivity index (χ0v) is 12.6. The maximum absolute atomic E-state index is 13.2. The Hall–Kier alpha value is -1.89. The molecule has 0 bridgehead atoms. The summed E-state index contributed by atoms with van der Waals surface area (Å²) in [6.45, 7) is 4.98. The van der Waals surface area contributed by atoms with Crippen LogP contribution >= 0.6 is 11.3 Å². The molecule has 2 heterocycles. The van der Waals surface area contributed by atoms with Gasteiger partial charge >= 0.3 is 6.09 Å². The van der Waals surface area contributed by atoms with Crippen LogP contribution in [0.25, 0.3) is 10.2 Å². The Morgan fingerprint density at radius 1 is 1.38 bits per heavy atom. The predicted octanol–water partition coefficient (Wildman–Crippen LogP) is 3.01. The Bertz CT molecular complexity index is 678. The smallest absolute Gasteiger partial charge is 0.407 e. The first kappa shape index (κ1) is 14.1. The Labute approximate surface area is 125 Å². The van der Waals surface area contributed by atoms with Gasteiger partial charge in [0.1, 0.15) is 5.82 Å². The van der Waals surface area contributed by atoms with Gasteiger partial charge in [-0.25, -0.2) is 14.2 Å². The third-order valence-corrected chi connectivity index (χ3v) is 4.85. The van der Waals surface area contributed by atoms with E-state index in [2.05, 4.69) is 9.88 Å². The number of fused-ring (bicyclic) bond motifs is 1. The van der Waals surface area contributed by atoms with E-state index in [9.17, 15) is 14.3 Å². The molecule has 7 heteroatoms. The molecule has 0 aliphatic carbocycles. The van der Waals surface area contributed by atoms with Crippen LogP contribution in [0.2, 0.25) is 0 Å². The summed E-state index contributed by atoms with van der Waals surface area (Å²) >= 11 is 1.51. The summed E-state index contributed by atoms with van der Waals surface area (Å²) in [5.41, 5.74) is 0.649. The molecule has 0 unspecified atom stereocenters. The molecule has 1 aliphatic rings. The van der Waals surface area contributed by atoms with Crippen molar-refractivity contribution in [3.05, 3.63) is 24.0 Å². The first-order valence-corrected chi connectivity index (χ1v) is 7.59. The van der Waals surface area contributed by atoms with Crippen LogP contribution in [0.1, 0.15) is 13.8 Å². The van der Waals surface area contributed by atoms with Crippen molar-refractivity contribution in [3.63, 3.8) is 0 Å². The summed E-state index contributed by atoms with van der Waals surface area (Å²) in [5.74, 6) is -0.295. The van der Waals surface area contributed by atoms with Gasteiger partial charge in [0.05, 0.1) is 22.3 Å². The number of amides is 1. The van der Waals surface area contributed by atoms with Gasteiger partial charge in [0.2, 0.25) is 0 Å². The van der Waals surface area contributed by atoms with Crippen molar-refractivity contribution in [2.45, 2.75) is 25.9 Å². The van der Waals surface area contributed by atoms with Crippen LogP contribution in [0.3, 0.4) is 0 Å². The number of carbonyl (C=O) groups is 1. The first-order valence-electron chi connectivity index (χ1n) is 6.78. The van der Waals surface area contributed by atoms with Gasteiger partial charge in [-0.05, 0) is 26.0 Å². The van der Waals surface area contributed by atoms with E-state index in [0.29, 0.717) is 18.6 Å². The summed E-state index contributed by atoms with van der Waals surface area (Å²) in [6.07, 6.45) is -0.888. The molecule has 0 radical (unpaired) electrons. The third-order valence-electron chi connectivity index (χ3n) is 3.75. The van der Waals surface area contributed by atoms with Crippen LogP contribution in [0.5, 0.6) is 0 Å². The molecule has 1 amide bonds. The van der Waals surface area contributed by atoms with Gasteiger partial charge in [0.15, 0.2) is 5.13 Å². The number of hydrogen-bond acceptors (Lipinski definition) is 4. The maximum Gasteiger partial charge on any atom is 0.407 e. The van der Waals surface area contributed by atoms with Crippen molar-refractivity contribution in [2.75, 3.05) is 18.0 Å². The fourth-order valence-electron chi connectivity index (χ4n) is 2.88. The molecule has 1 aromatic heterocycles. The number of rotatable bonds is 1. The van der Waals surface area contributed by atoms with Crippen LogP contribution in [0.4, 0.5) is 14.3 Å². The van der Waals surface area contributed by atoms with Crippen LogP contribution in [-0.4, -0.2) is 46.3 Å². The molecule has 5 nitrogen and oxygen atoms in total. The standard InChI is InChI=1S/C14H16FN3O2S/c1-8-6-17(7-9(2)18(8)14(19)20)13-16-11-5-10(15)3-4-12(11)21-13/h3-5,8-9H,6-7H2,1-2H3,(H,19,20)/t8-,9+. The predicted molar refractivity (Wildman–Crippen MR) is 80.6 cm³/mol. The van der Waals surface area contributed by atoms with Gasteiger partial charge in [-0.3, -0.25) is 4.90 Å². The summed E-state index contributed by atoms with van der Waals surface area (Å²) in [4.78, 5) is 19.3. The number of thiazole rings is 1. The van der Waals surface area contributed by atoms with Crippen molar-refractivity contribution in [2.24, 2.45) is 0 Å². The normalized spacial score (nSPS) is 22.8. The van der Waals surface area contributed by atoms with Crippen molar-refractivity contribution < 1.29 is 14.3 Å². The molecular weight excluding hydrogens is 293 g/mol. The van der Waals surface area contributed by atoms with E-state index in [0.717, 1.165) is 9.83 Å². The molecule has 0 saturated carbocycles. The summed E-state index contributed by atoms with van der Waals surface area (Å²) in [5, 5.41) is 10.1. The summed E-state index contributed by atoms with van der Waals surface area (Å²) in [6, 6.07) is 4.38. The molecule has 1 aromatic carbocycles. The Morgan fingerprint density at radius 3 is 2.67 bits per heavy atom. The Balaban J connectivity index is 1.88. The van der Waals surface area contributed by atoms with Crippen LogP contribution in [-0.2, 0) is 0 Å².